The van der Waals surface area contributed by atoms with Gasteiger partial charge in [-0.3, -0.25) is 9.59 Å². The van der Waals surface area contributed by atoms with Gasteiger partial charge in [0.2, 0.25) is 5.91 Å². The first-order valence-corrected chi connectivity index (χ1v) is 12.9. The zero-order chi connectivity index (χ0) is 25.9. The van der Waals surface area contributed by atoms with Crippen molar-refractivity contribution in [1.82, 2.24) is 19.2 Å². The maximum Gasteiger partial charge on any atom is 0.259 e. The zero-order valence-electron chi connectivity index (χ0n) is 21.6. The van der Waals surface area contributed by atoms with Crippen LogP contribution >= 0.6 is 0 Å². The topological polar surface area (TPSA) is 72.2 Å². The highest BCUT2D eigenvalue weighted by Gasteiger charge is 2.32. The van der Waals surface area contributed by atoms with Crippen molar-refractivity contribution < 1.29 is 9.59 Å². The summed E-state index contributed by atoms with van der Waals surface area (Å²) in [5, 5.41) is 7.93. The second-order valence-corrected chi connectivity index (χ2v) is 9.64. The number of carbonyl (C=O) groups is 2. The fourth-order valence-electron chi connectivity index (χ4n) is 5.16. The average Bonchev–Trinajstić information content (AvgIpc) is 3.57. The van der Waals surface area contributed by atoms with Crippen LogP contribution in [0.4, 0.5) is 5.69 Å². The fraction of sp³-hybridized carbons (Fsp3) is 0.300. The third-order valence-electron chi connectivity index (χ3n) is 7.24. The second-order valence-electron chi connectivity index (χ2n) is 9.64. The number of hydrogen-bond acceptors (Lipinski definition) is 3. The minimum absolute atomic E-state index is 0.0391. The van der Waals surface area contributed by atoms with Gasteiger partial charge in [-0.2, -0.15) is 5.10 Å². The lowest BCUT2D eigenvalue weighted by Crippen LogP contribution is -2.42. The predicted molar refractivity (Wildman–Crippen MR) is 145 cm³/mol. The van der Waals surface area contributed by atoms with E-state index in [0.29, 0.717) is 37.2 Å². The normalized spacial score (nSPS) is 14.1. The summed E-state index contributed by atoms with van der Waals surface area (Å²) in [6, 6.07) is 19.8. The van der Waals surface area contributed by atoms with Crippen molar-refractivity contribution in [3.63, 3.8) is 0 Å². The summed E-state index contributed by atoms with van der Waals surface area (Å²) >= 11 is 0. The number of amides is 2. The highest BCUT2D eigenvalue weighted by Crippen LogP contribution is 2.28. The number of piperidine rings is 1. The van der Waals surface area contributed by atoms with Crippen molar-refractivity contribution in [2.75, 3.05) is 18.4 Å². The van der Waals surface area contributed by atoms with Gasteiger partial charge in [-0.15, -0.1) is 0 Å². The standard InChI is InChI=1S/C30H33N5O2/c1-4-23-12-10-11-21(2)27(23)31-28(36)24-15-19-34(20-16-24)30(37)26-22(3)32-35(25-13-6-5-7-14-25)29(26)33-17-8-9-18-33/h5-14,17-18,24H,4,15-16,19-20H2,1-3H3,(H,31,36). The van der Waals surface area contributed by atoms with Gasteiger partial charge in [-0.05, 0) is 68.5 Å². The molecule has 4 aromatic rings. The Hall–Kier alpha value is -4.13. The molecule has 0 bridgehead atoms. The summed E-state index contributed by atoms with van der Waals surface area (Å²) in [6.07, 6.45) is 5.99. The number of carbonyl (C=O) groups excluding carboxylic acids is 2. The number of rotatable bonds is 6. The zero-order valence-corrected chi connectivity index (χ0v) is 21.6. The third kappa shape index (κ3) is 4.81. The van der Waals surface area contributed by atoms with E-state index in [1.54, 1.807) is 0 Å². The monoisotopic (exact) mass is 495 g/mol. The van der Waals surface area contributed by atoms with Crippen LogP contribution in [0, 0.1) is 19.8 Å². The van der Waals surface area contributed by atoms with E-state index >= 15 is 0 Å². The molecule has 2 amide bonds. The number of likely N-dealkylation sites (tertiary alicyclic amines) is 1. The van der Waals surface area contributed by atoms with E-state index in [2.05, 4.69) is 18.3 Å². The molecule has 0 spiro atoms. The number of para-hydroxylation sites is 2. The van der Waals surface area contributed by atoms with Crippen molar-refractivity contribution in [1.29, 1.82) is 0 Å². The number of benzene rings is 2. The van der Waals surface area contributed by atoms with Gasteiger partial charge in [0.25, 0.3) is 5.91 Å². The lowest BCUT2D eigenvalue weighted by molar-refractivity contribution is -0.121. The van der Waals surface area contributed by atoms with Crippen molar-refractivity contribution in [3.05, 3.63) is 95.4 Å². The molecule has 37 heavy (non-hydrogen) atoms. The Balaban J connectivity index is 1.35. The molecular weight excluding hydrogens is 462 g/mol. The summed E-state index contributed by atoms with van der Waals surface area (Å²) in [6.45, 7) is 7.07. The van der Waals surface area contributed by atoms with Crippen molar-refractivity contribution >= 4 is 17.5 Å². The van der Waals surface area contributed by atoms with E-state index in [1.165, 1.54) is 0 Å². The van der Waals surface area contributed by atoms with Crippen LogP contribution in [-0.2, 0) is 11.2 Å². The molecule has 0 unspecified atom stereocenters. The van der Waals surface area contributed by atoms with E-state index < -0.39 is 0 Å². The molecule has 0 atom stereocenters. The number of aromatic nitrogens is 3. The Morgan fingerprint density at radius 1 is 0.946 bits per heavy atom. The number of aryl methyl sites for hydroxylation is 3. The van der Waals surface area contributed by atoms with Gasteiger partial charge in [0.15, 0.2) is 5.82 Å². The predicted octanol–water partition coefficient (Wildman–Crippen LogP) is 5.33. The Bertz CT molecular complexity index is 1400. The van der Waals surface area contributed by atoms with E-state index in [9.17, 15) is 9.59 Å². The SMILES string of the molecule is CCc1cccc(C)c1NC(=O)C1CCN(C(=O)c2c(C)nn(-c3ccccc3)c2-n2cccc2)CC1. The molecule has 1 saturated heterocycles. The molecule has 2 aromatic carbocycles. The largest absolute Gasteiger partial charge is 0.338 e. The molecule has 1 N–H and O–H groups in total. The van der Waals surface area contributed by atoms with E-state index in [4.69, 9.17) is 5.10 Å². The van der Waals surface area contributed by atoms with Crippen molar-refractivity contribution in [3.8, 4) is 11.5 Å². The Morgan fingerprint density at radius 3 is 2.32 bits per heavy atom. The third-order valence-corrected chi connectivity index (χ3v) is 7.24. The molecule has 1 aliphatic rings. The van der Waals surface area contributed by atoms with Gasteiger partial charge in [0.05, 0.1) is 11.4 Å². The molecule has 7 heteroatoms. The number of anilines is 1. The first kappa shape index (κ1) is 24.6. The molecule has 2 aromatic heterocycles. The van der Waals surface area contributed by atoms with E-state index in [0.717, 1.165) is 34.7 Å². The quantitative estimate of drug-likeness (QED) is 0.393. The maximum atomic E-state index is 13.8. The molecule has 5 rings (SSSR count). The van der Waals surface area contributed by atoms with E-state index in [1.807, 2.05) is 95.0 Å². The van der Waals surface area contributed by atoms with Gasteiger partial charge in [0.1, 0.15) is 5.56 Å². The number of nitrogens with one attached hydrogen (secondary N) is 1. The van der Waals surface area contributed by atoms with E-state index in [-0.39, 0.29) is 17.7 Å². The highest BCUT2D eigenvalue weighted by atomic mass is 16.2. The smallest absolute Gasteiger partial charge is 0.259 e. The molecule has 3 heterocycles. The lowest BCUT2D eigenvalue weighted by Gasteiger charge is -2.32. The van der Waals surface area contributed by atoms with Crippen LogP contribution in [0.3, 0.4) is 0 Å². The minimum Gasteiger partial charge on any atom is -0.338 e. The Labute approximate surface area is 217 Å². The van der Waals surface area contributed by atoms with Crippen molar-refractivity contribution in [2.24, 2.45) is 5.92 Å². The minimum atomic E-state index is -0.120. The Kier molecular flexibility index (Phi) is 6.95. The van der Waals surface area contributed by atoms with Gasteiger partial charge in [0, 0.05) is 37.1 Å². The highest BCUT2D eigenvalue weighted by molar-refractivity contribution is 5.99. The summed E-state index contributed by atoms with van der Waals surface area (Å²) < 4.78 is 3.77. The number of hydrogen-bond donors (Lipinski definition) is 1. The molecule has 190 valence electrons. The van der Waals surface area contributed by atoms with Gasteiger partial charge in [-0.25, -0.2) is 4.68 Å². The molecular formula is C30H33N5O2. The molecule has 7 nitrogen and oxygen atoms in total. The van der Waals surface area contributed by atoms with Crippen molar-refractivity contribution in [2.45, 2.75) is 40.0 Å². The first-order chi connectivity index (χ1) is 18.0. The summed E-state index contributed by atoms with van der Waals surface area (Å²) in [4.78, 5) is 28.8. The molecule has 1 aliphatic heterocycles. The van der Waals surface area contributed by atoms with Gasteiger partial charge < -0.3 is 14.8 Å². The van der Waals surface area contributed by atoms with Crippen LogP contribution in [0.15, 0.2) is 73.1 Å². The lowest BCUT2D eigenvalue weighted by atomic mass is 9.94. The number of nitrogens with zero attached hydrogens (tertiary/aromatic N) is 4. The van der Waals surface area contributed by atoms with Crippen LogP contribution < -0.4 is 5.32 Å². The van der Waals surface area contributed by atoms with Crippen LogP contribution in [0.25, 0.3) is 11.5 Å². The van der Waals surface area contributed by atoms with Gasteiger partial charge in [-0.1, -0.05) is 43.3 Å². The van der Waals surface area contributed by atoms with Crippen LogP contribution in [-0.4, -0.2) is 44.2 Å². The first-order valence-electron chi connectivity index (χ1n) is 12.9. The average molecular weight is 496 g/mol. The van der Waals surface area contributed by atoms with Crippen LogP contribution in [0.5, 0.6) is 0 Å². The molecule has 0 radical (unpaired) electrons. The molecule has 1 fully saturated rings. The molecule has 0 saturated carbocycles. The Morgan fingerprint density at radius 2 is 1.65 bits per heavy atom. The summed E-state index contributed by atoms with van der Waals surface area (Å²) in [5.74, 6) is 0.599. The fourth-order valence-corrected chi connectivity index (χ4v) is 5.16. The van der Waals surface area contributed by atoms with Crippen LogP contribution in [0.1, 0.15) is 46.9 Å². The van der Waals surface area contributed by atoms with Crippen LogP contribution in [0.2, 0.25) is 0 Å². The second kappa shape index (κ2) is 10.5. The maximum absolute atomic E-state index is 13.8. The van der Waals surface area contributed by atoms with Gasteiger partial charge >= 0.3 is 0 Å². The summed E-state index contributed by atoms with van der Waals surface area (Å²) in [5.41, 5.74) is 5.31. The molecule has 0 aliphatic carbocycles. The summed E-state index contributed by atoms with van der Waals surface area (Å²) in [7, 11) is 0.